The van der Waals surface area contributed by atoms with Gasteiger partial charge in [0.25, 0.3) is 0 Å². The van der Waals surface area contributed by atoms with Crippen LogP contribution in [-0.2, 0) is 19.1 Å². The average Bonchev–Trinajstić information content (AvgIpc) is 2.67. The maximum atomic E-state index is 12.6. The van der Waals surface area contributed by atoms with Crippen LogP contribution in [0.3, 0.4) is 0 Å². The van der Waals surface area contributed by atoms with E-state index in [4.69, 9.17) is 0 Å². The molecule has 2 N–H and O–H groups in total. The number of carbonyl (C=O) groups excluding carboxylic acids is 4. The molecule has 9 nitrogen and oxygen atoms in total. The van der Waals surface area contributed by atoms with Crippen LogP contribution in [0.1, 0.15) is 13.8 Å². The third-order valence-corrected chi connectivity index (χ3v) is 4.31. The summed E-state index contributed by atoms with van der Waals surface area (Å²) in [5.41, 5.74) is 0.636. The Kier molecular flexibility index (Phi) is 6.75. The number of piperazine rings is 1. The van der Waals surface area contributed by atoms with E-state index < -0.39 is 24.0 Å². The van der Waals surface area contributed by atoms with Crippen LogP contribution in [0.15, 0.2) is 30.3 Å². The molecule has 2 atom stereocenters. The smallest absolute Gasteiger partial charge is 0.328 e. The van der Waals surface area contributed by atoms with Crippen LogP contribution in [-0.4, -0.2) is 72.4 Å². The lowest BCUT2D eigenvalue weighted by atomic mass is 10.1. The summed E-state index contributed by atoms with van der Waals surface area (Å²) >= 11 is 0. The fraction of sp³-hybridized carbons (Fsp3) is 0.444. The summed E-state index contributed by atoms with van der Waals surface area (Å²) in [4.78, 5) is 51.4. The molecule has 0 spiro atoms. The van der Waals surface area contributed by atoms with E-state index in [1.165, 1.54) is 30.8 Å². The second-order valence-electron chi connectivity index (χ2n) is 6.22. The number of esters is 1. The monoisotopic (exact) mass is 376 g/mol. The molecule has 2 rings (SSSR count). The van der Waals surface area contributed by atoms with Crippen molar-refractivity contribution in [1.82, 2.24) is 15.1 Å². The molecular weight excluding hydrogens is 352 g/mol. The van der Waals surface area contributed by atoms with Crippen LogP contribution in [0.4, 0.5) is 10.5 Å². The average molecular weight is 376 g/mol. The Bertz CT molecular complexity index is 709. The predicted molar refractivity (Wildman–Crippen MR) is 97.8 cm³/mol. The zero-order valence-electron chi connectivity index (χ0n) is 15.6. The summed E-state index contributed by atoms with van der Waals surface area (Å²) in [6.07, 6.45) is 0. The van der Waals surface area contributed by atoms with Crippen LogP contribution < -0.4 is 10.6 Å². The highest BCUT2D eigenvalue weighted by Gasteiger charge is 2.36. The lowest BCUT2D eigenvalue weighted by molar-refractivity contribution is -0.147. The molecule has 2 unspecified atom stereocenters. The van der Waals surface area contributed by atoms with Crippen molar-refractivity contribution in [3.05, 3.63) is 30.3 Å². The zero-order chi connectivity index (χ0) is 20.0. The Morgan fingerprint density at radius 3 is 2.41 bits per heavy atom. The van der Waals surface area contributed by atoms with E-state index in [9.17, 15) is 19.2 Å². The predicted octanol–water partition coefficient (Wildman–Crippen LogP) is 0.429. The van der Waals surface area contributed by atoms with E-state index in [0.29, 0.717) is 12.2 Å². The third-order valence-electron chi connectivity index (χ3n) is 4.31. The van der Waals surface area contributed by atoms with Gasteiger partial charge in [-0.15, -0.1) is 0 Å². The molecule has 146 valence electrons. The summed E-state index contributed by atoms with van der Waals surface area (Å²) in [6.45, 7) is 3.41. The highest BCUT2D eigenvalue weighted by molar-refractivity contribution is 5.93. The molecule has 1 heterocycles. The Hall–Kier alpha value is -3.10. The van der Waals surface area contributed by atoms with Crippen molar-refractivity contribution in [3.8, 4) is 0 Å². The minimum Gasteiger partial charge on any atom is -0.467 e. The molecule has 1 fully saturated rings. The number of ether oxygens (including phenoxy) is 1. The molecule has 1 aromatic carbocycles. The molecule has 0 saturated carbocycles. The van der Waals surface area contributed by atoms with E-state index in [1.807, 2.05) is 6.07 Å². The fourth-order valence-corrected chi connectivity index (χ4v) is 2.84. The number of amides is 4. The van der Waals surface area contributed by atoms with E-state index >= 15 is 0 Å². The first-order valence-corrected chi connectivity index (χ1v) is 8.60. The lowest BCUT2D eigenvalue weighted by Crippen LogP contribution is -2.62. The van der Waals surface area contributed by atoms with Gasteiger partial charge in [0.15, 0.2) is 0 Å². The van der Waals surface area contributed by atoms with E-state index in [2.05, 4.69) is 15.4 Å². The molecule has 1 aromatic rings. The number of carbonyl (C=O) groups is 4. The third kappa shape index (κ3) is 5.19. The minimum absolute atomic E-state index is 0.0258. The second-order valence-corrected chi connectivity index (χ2v) is 6.22. The van der Waals surface area contributed by atoms with Crippen molar-refractivity contribution >= 4 is 29.5 Å². The standard InChI is InChI=1S/C18H24N4O5/c1-12(17(25)27-3)19-16(24)15-11-21(9-10-22(15)13(2)23)18(26)20-14-7-5-4-6-8-14/h4-8,12,15H,9-11H2,1-3H3,(H,19,24)(H,20,26). The van der Waals surface area contributed by atoms with Gasteiger partial charge in [-0.05, 0) is 19.1 Å². The number of benzene rings is 1. The number of urea groups is 1. The molecule has 0 aliphatic carbocycles. The Balaban J connectivity index is 2.07. The molecule has 27 heavy (non-hydrogen) atoms. The van der Waals surface area contributed by atoms with Gasteiger partial charge in [-0.25, -0.2) is 9.59 Å². The van der Waals surface area contributed by atoms with Gasteiger partial charge >= 0.3 is 12.0 Å². The molecule has 0 bridgehead atoms. The van der Waals surface area contributed by atoms with Crippen LogP contribution in [0.2, 0.25) is 0 Å². The van der Waals surface area contributed by atoms with Crippen LogP contribution in [0, 0.1) is 0 Å². The first-order valence-electron chi connectivity index (χ1n) is 8.60. The van der Waals surface area contributed by atoms with Crippen molar-refractivity contribution < 1.29 is 23.9 Å². The normalized spacial score (nSPS) is 17.7. The first-order chi connectivity index (χ1) is 12.8. The van der Waals surface area contributed by atoms with E-state index in [-0.39, 0.29) is 25.0 Å². The van der Waals surface area contributed by atoms with Gasteiger partial charge < -0.3 is 25.2 Å². The van der Waals surface area contributed by atoms with Crippen LogP contribution >= 0.6 is 0 Å². The highest BCUT2D eigenvalue weighted by atomic mass is 16.5. The number of anilines is 1. The summed E-state index contributed by atoms with van der Waals surface area (Å²) in [7, 11) is 1.23. The van der Waals surface area contributed by atoms with Crippen molar-refractivity contribution in [1.29, 1.82) is 0 Å². The van der Waals surface area contributed by atoms with Crippen molar-refractivity contribution in [2.24, 2.45) is 0 Å². The maximum absolute atomic E-state index is 12.6. The summed E-state index contributed by atoms with van der Waals surface area (Å²) < 4.78 is 4.59. The molecule has 1 saturated heterocycles. The molecule has 9 heteroatoms. The molecule has 0 radical (unpaired) electrons. The van der Waals surface area contributed by atoms with Gasteiger partial charge in [0.2, 0.25) is 11.8 Å². The number of nitrogens with zero attached hydrogens (tertiary/aromatic N) is 2. The topological polar surface area (TPSA) is 108 Å². The largest absolute Gasteiger partial charge is 0.467 e. The van der Waals surface area contributed by atoms with Crippen molar-refractivity contribution in [3.63, 3.8) is 0 Å². The van der Waals surface area contributed by atoms with Crippen LogP contribution in [0.25, 0.3) is 0 Å². The van der Waals surface area contributed by atoms with Crippen molar-refractivity contribution in [2.45, 2.75) is 25.9 Å². The molecule has 4 amide bonds. The van der Waals surface area contributed by atoms with Gasteiger partial charge in [0.1, 0.15) is 12.1 Å². The minimum atomic E-state index is -0.884. The summed E-state index contributed by atoms with van der Waals surface area (Å²) in [5, 5.41) is 5.29. The van der Waals surface area contributed by atoms with E-state index in [0.717, 1.165) is 0 Å². The number of para-hydroxylation sites is 1. The van der Waals surface area contributed by atoms with Gasteiger partial charge in [0.05, 0.1) is 13.7 Å². The van der Waals surface area contributed by atoms with Gasteiger partial charge in [-0.1, -0.05) is 18.2 Å². The SMILES string of the molecule is COC(=O)C(C)NC(=O)C1CN(C(=O)Nc2ccccc2)CCN1C(C)=O. The molecular formula is C18H24N4O5. The Morgan fingerprint density at radius 1 is 1.15 bits per heavy atom. The highest BCUT2D eigenvalue weighted by Crippen LogP contribution is 2.14. The number of methoxy groups -OCH3 is 1. The van der Waals surface area contributed by atoms with Gasteiger partial charge in [-0.3, -0.25) is 9.59 Å². The number of nitrogens with one attached hydrogen (secondary N) is 2. The van der Waals surface area contributed by atoms with Crippen molar-refractivity contribution in [2.75, 3.05) is 32.1 Å². The molecule has 1 aliphatic rings. The van der Waals surface area contributed by atoms with Crippen LogP contribution in [0.5, 0.6) is 0 Å². The molecule has 1 aliphatic heterocycles. The number of hydrogen-bond donors (Lipinski definition) is 2. The quantitative estimate of drug-likeness (QED) is 0.741. The summed E-state index contributed by atoms with van der Waals surface area (Å²) in [6, 6.07) is 6.85. The fourth-order valence-electron chi connectivity index (χ4n) is 2.84. The van der Waals surface area contributed by atoms with Gasteiger partial charge in [-0.2, -0.15) is 0 Å². The summed E-state index contributed by atoms with van der Waals surface area (Å²) in [5.74, 6) is -1.38. The Labute approximate surface area is 157 Å². The number of hydrogen-bond acceptors (Lipinski definition) is 5. The lowest BCUT2D eigenvalue weighted by Gasteiger charge is -2.40. The maximum Gasteiger partial charge on any atom is 0.328 e. The van der Waals surface area contributed by atoms with E-state index in [1.54, 1.807) is 24.3 Å². The molecule has 0 aromatic heterocycles. The number of rotatable bonds is 4. The van der Waals surface area contributed by atoms with Gasteiger partial charge in [0, 0.05) is 25.7 Å². The second kappa shape index (κ2) is 9.02. The zero-order valence-corrected chi connectivity index (χ0v) is 15.6. The Morgan fingerprint density at radius 2 is 1.81 bits per heavy atom. The first kappa shape index (κ1) is 20.2.